The van der Waals surface area contributed by atoms with Crippen molar-refractivity contribution in [2.45, 2.75) is 12.5 Å². The van der Waals surface area contributed by atoms with Crippen molar-refractivity contribution in [1.82, 2.24) is 9.62 Å². The van der Waals surface area contributed by atoms with E-state index in [4.69, 9.17) is 11.6 Å². The van der Waals surface area contributed by atoms with Crippen molar-refractivity contribution in [2.24, 2.45) is 0 Å². The van der Waals surface area contributed by atoms with Crippen molar-refractivity contribution in [3.05, 3.63) is 70.7 Å². The van der Waals surface area contributed by atoms with Gasteiger partial charge in [-0.25, -0.2) is 8.42 Å². The fourth-order valence-corrected chi connectivity index (χ4v) is 4.91. The molecule has 0 bridgehead atoms. The van der Waals surface area contributed by atoms with E-state index < -0.39 is 10.0 Å². The standard InChI is InChI=1S/C18H21ClN2O2S/c19-17-8-4-7-16(13-17)18-14-20-10-11-21(18)24(22,23)12-9-15-5-2-1-3-6-15/h1-8,13,18,20H,9-12,14H2. The fraction of sp³-hybridized carbons (Fsp3) is 0.333. The van der Waals surface area contributed by atoms with E-state index in [2.05, 4.69) is 5.32 Å². The van der Waals surface area contributed by atoms with Gasteiger partial charge in [0.2, 0.25) is 10.0 Å². The van der Waals surface area contributed by atoms with Crippen molar-refractivity contribution >= 4 is 21.6 Å². The highest BCUT2D eigenvalue weighted by molar-refractivity contribution is 7.89. The second kappa shape index (κ2) is 7.66. The predicted molar refractivity (Wildman–Crippen MR) is 97.7 cm³/mol. The van der Waals surface area contributed by atoms with Gasteiger partial charge in [-0.15, -0.1) is 0 Å². The van der Waals surface area contributed by atoms with E-state index in [1.165, 1.54) is 0 Å². The van der Waals surface area contributed by atoms with E-state index in [0.29, 0.717) is 31.1 Å². The summed E-state index contributed by atoms with van der Waals surface area (Å²) in [4.78, 5) is 0. The van der Waals surface area contributed by atoms with Crippen LogP contribution in [0, 0.1) is 0 Å². The number of nitrogens with one attached hydrogen (secondary N) is 1. The topological polar surface area (TPSA) is 49.4 Å². The summed E-state index contributed by atoms with van der Waals surface area (Å²) in [5.74, 6) is 0.119. The van der Waals surface area contributed by atoms with Crippen LogP contribution in [0.15, 0.2) is 54.6 Å². The Balaban J connectivity index is 1.78. The first-order valence-electron chi connectivity index (χ1n) is 8.06. The largest absolute Gasteiger partial charge is 0.313 e. The molecule has 128 valence electrons. The van der Waals surface area contributed by atoms with Crippen LogP contribution in [0.3, 0.4) is 0 Å². The van der Waals surface area contributed by atoms with Crippen molar-refractivity contribution in [1.29, 1.82) is 0 Å². The van der Waals surface area contributed by atoms with Crippen LogP contribution in [0.2, 0.25) is 5.02 Å². The minimum absolute atomic E-state index is 0.119. The SMILES string of the molecule is O=S(=O)(CCc1ccccc1)N1CCNCC1c1cccc(Cl)c1. The highest BCUT2D eigenvalue weighted by Crippen LogP contribution is 2.27. The number of piperazine rings is 1. The molecular formula is C18H21ClN2O2S. The number of nitrogens with zero attached hydrogens (tertiary/aromatic N) is 1. The molecule has 1 atom stereocenters. The van der Waals surface area contributed by atoms with Gasteiger partial charge in [0.05, 0.1) is 11.8 Å². The van der Waals surface area contributed by atoms with Crippen LogP contribution in [0.4, 0.5) is 0 Å². The van der Waals surface area contributed by atoms with Gasteiger partial charge in [-0.2, -0.15) is 4.31 Å². The van der Waals surface area contributed by atoms with Gasteiger partial charge in [-0.05, 0) is 29.7 Å². The maximum absolute atomic E-state index is 12.9. The molecule has 0 amide bonds. The predicted octanol–water partition coefficient (Wildman–Crippen LogP) is 2.86. The maximum Gasteiger partial charge on any atom is 0.215 e. The molecule has 2 aromatic carbocycles. The molecule has 1 unspecified atom stereocenters. The summed E-state index contributed by atoms with van der Waals surface area (Å²) in [5.41, 5.74) is 1.97. The summed E-state index contributed by atoms with van der Waals surface area (Å²) >= 11 is 6.08. The summed E-state index contributed by atoms with van der Waals surface area (Å²) in [6.07, 6.45) is 0.523. The first kappa shape index (κ1) is 17.4. The number of halogens is 1. The van der Waals surface area contributed by atoms with Crippen molar-refractivity contribution < 1.29 is 8.42 Å². The van der Waals surface area contributed by atoms with Crippen LogP contribution in [-0.4, -0.2) is 38.1 Å². The minimum Gasteiger partial charge on any atom is -0.313 e. The molecule has 1 saturated heterocycles. The van der Waals surface area contributed by atoms with Gasteiger partial charge in [0.1, 0.15) is 0 Å². The second-order valence-corrected chi connectivity index (χ2v) is 8.41. The molecular weight excluding hydrogens is 344 g/mol. The molecule has 3 rings (SSSR count). The highest BCUT2D eigenvalue weighted by Gasteiger charge is 2.32. The van der Waals surface area contributed by atoms with Gasteiger partial charge in [0.15, 0.2) is 0 Å². The van der Waals surface area contributed by atoms with E-state index >= 15 is 0 Å². The molecule has 6 heteroatoms. The Morgan fingerprint density at radius 1 is 1.12 bits per heavy atom. The Morgan fingerprint density at radius 2 is 1.92 bits per heavy atom. The Kier molecular flexibility index (Phi) is 5.56. The molecule has 0 aromatic heterocycles. The molecule has 0 aliphatic carbocycles. The highest BCUT2D eigenvalue weighted by atomic mass is 35.5. The molecule has 24 heavy (non-hydrogen) atoms. The number of sulfonamides is 1. The normalized spacial score (nSPS) is 19.3. The Morgan fingerprint density at radius 3 is 2.67 bits per heavy atom. The van der Waals surface area contributed by atoms with E-state index in [1.54, 1.807) is 10.4 Å². The zero-order valence-corrected chi connectivity index (χ0v) is 14.9. The van der Waals surface area contributed by atoms with E-state index in [-0.39, 0.29) is 11.8 Å². The Hall–Kier alpha value is -1.40. The quantitative estimate of drug-likeness (QED) is 0.887. The van der Waals surface area contributed by atoms with Gasteiger partial charge < -0.3 is 5.32 Å². The molecule has 1 heterocycles. The molecule has 0 radical (unpaired) electrons. The van der Waals surface area contributed by atoms with Gasteiger partial charge >= 0.3 is 0 Å². The lowest BCUT2D eigenvalue weighted by atomic mass is 10.1. The average molecular weight is 365 g/mol. The molecule has 1 aliphatic rings. The zero-order valence-electron chi connectivity index (χ0n) is 13.4. The molecule has 4 nitrogen and oxygen atoms in total. The maximum atomic E-state index is 12.9. The van der Waals surface area contributed by atoms with Crippen LogP contribution >= 0.6 is 11.6 Å². The summed E-state index contributed by atoms with van der Waals surface area (Å²) in [6, 6.07) is 17.0. The molecule has 1 aliphatic heterocycles. The lowest BCUT2D eigenvalue weighted by Crippen LogP contribution is -2.49. The Bertz CT molecular complexity index is 781. The number of hydrogen-bond acceptors (Lipinski definition) is 3. The molecule has 0 saturated carbocycles. The minimum atomic E-state index is -3.34. The number of hydrogen-bond donors (Lipinski definition) is 1. The van der Waals surface area contributed by atoms with Crippen molar-refractivity contribution in [3.63, 3.8) is 0 Å². The third-order valence-corrected chi connectivity index (χ3v) is 6.38. The monoisotopic (exact) mass is 364 g/mol. The van der Waals surface area contributed by atoms with Gasteiger partial charge in [-0.1, -0.05) is 54.1 Å². The van der Waals surface area contributed by atoms with E-state index in [1.807, 2.05) is 48.5 Å². The van der Waals surface area contributed by atoms with Crippen LogP contribution in [0.1, 0.15) is 17.2 Å². The number of aryl methyl sites for hydroxylation is 1. The lowest BCUT2D eigenvalue weighted by Gasteiger charge is -2.35. The first-order valence-corrected chi connectivity index (χ1v) is 10.0. The summed E-state index contributed by atoms with van der Waals surface area (Å²) in [5, 5.41) is 3.90. The zero-order chi connectivity index (χ0) is 17.0. The van der Waals surface area contributed by atoms with Gasteiger partial charge in [-0.3, -0.25) is 0 Å². The lowest BCUT2D eigenvalue weighted by molar-refractivity contribution is 0.271. The number of benzene rings is 2. The van der Waals surface area contributed by atoms with E-state index in [9.17, 15) is 8.42 Å². The third kappa shape index (κ3) is 4.16. The fourth-order valence-electron chi connectivity index (χ4n) is 3.03. The number of rotatable bonds is 5. The van der Waals surface area contributed by atoms with E-state index in [0.717, 1.165) is 11.1 Å². The van der Waals surface area contributed by atoms with Crippen LogP contribution < -0.4 is 5.32 Å². The van der Waals surface area contributed by atoms with Crippen molar-refractivity contribution in [3.8, 4) is 0 Å². The summed E-state index contributed by atoms with van der Waals surface area (Å²) in [7, 11) is -3.34. The molecule has 1 fully saturated rings. The smallest absolute Gasteiger partial charge is 0.215 e. The Labute approximate surface area is 148 Å². The summed E-state index contributed by atoms with van der Waals surface area (Å²) in [6.45, 7) is 1.75. The molecule has 1 N–H and O–H groups in total. The third-order valence-electron chi connectivity index (χ3n) is 4.28. The van der Waals surface area contributed by atoms with Gasteiger partial charge in [0.25, 0.3) is 0 Å². The molecule has 2 aromatic rings. The van der Waals surface area contributed by atoms with Crippen molar-refractivity contribution in [2.75, 3.05) is 25.4 Å². The van der Waals surface area contributed by atoms with Crippen LogP contribution in [0.25, 0.3) is 0 Å². The molecule has 0 spiro atoms. The van der Waals surface area contributed by atoms with Gasteiger partial charge in [0, 0.05) is 24.7 Å². The van der Waals surface area contributed by atoms with Crippen LogP contribution in [-0.2, 0) is 16.4 Å². The summed E-state index contributed by atoms with van der Waals surface area (Å²) < 4.78 is 27.4. The average Bonchev–Trinajstić information content (AvgIpc) is 2.61. The second-order valence-electron chi connectivity index (χ2n) is 5.94. The first-order chi connectivity index (χ1) is 11.6. The van der Waals surface area contributed by atoms with Crippen LogP contribution in [0.5, 0.6) is 0 Å².